The van der Waals surface area contributed by atoms with Crippen LogP contribution in [-0.4, -0.2) is 41.7 Å². The highest BCUT2D eigenvalue weighted by atomic mass is 16.5. The van der Waals surface area contributed by atoms with E-state index >= 15 is 0 Å². The molecular weight excluding hydrogens is 284 g/mol. The molecule has 0 radical (unpaired) electrons. The average molecular weight is 302 g/mol. The van der Waals surface area contributed by atoms with Crippen LogP contribution in [0.25, 0.3) is 11.3 Å². The topological polar surface area (TPSA) is 78.3 Å². The monoisotopic (exact) mass is 302 g/mol. The highest BCUT2D eigenvalue weighted by Crippen LogP contribution is 2.31. The van der Waals surface area contributed by atoms with Crippen LogP contribution in [0.4, 0.5) is 0 Å². The summed E-state index contributed by atoms with van der Waals surface area (Å²) in [5, 5.41) is 11.1. The van der Waals surface area contributed by atoms with Gasteiger partial charge in [-0.3, -0.25) is 9.48 Å². The fraction of sp³-hybridized carbons (Fsp3) is 0.400. The molecule has 1 unspecified atom stereocenters. The van der Waals surface area contributed by atoms with Crippen molar-refractivity contribution < 1.29 is 14.3 Å². The molecule has 1 saturated heterocycles. The van der Waals surface area contributed by atoms with E-state index in [0.29, 0.717) is 31.0 Å². The average Bonchev–Trinajstić information content (AvgIpc) is 3.16. The fourth-order valence-corrected chi connectivity index (χ4v) is 2.57. The quantitative estimate of drug-likeness (QED) is 0.895. The number of benzene rings is 1. The third-order valence-electron chi connectivity index (χ3n) is 3.73. The van der Waals surface area contributed by atoms with E-state index in [1.807, 2.05) is 24.4 Å². The molecule has 1 fully saturated rings. The number of hydrogen-bond donors (Lipinski definition) is 1. The summed E-state index contributed by atoms with van der Waals surface area (Å²) in [6.07, 6.45) is 2.43. The maximum Gasteiger partial charge on any atom is 0.220 e. The summed E-state index contributed by atoms with van der Waals surface area (Å²) in [7, 11) is 3.20. The van der Waals surface area contributed by atoms with Gasteiger partial charge in [0.1, 0.15) is 5.69 Å². The van der Waals surface area contributed by atoms with Gasteiger partial charge >= 0.3 is 0 Å². The number of nitrogens with zero attached hydrogens (tertiary/aromatic N) is 3. The number of carbonyl (C=O) groups excluding carboxylic acids is 1. The minimum absolute atomic E-state index is 0.102. The first-order valence-electron chi connectivity index (χ1n) is 7.09. The van der Waals surface area contributed by atoms with Crippen LogP contribution in [0.2, 0.25) is 0 Å². The van der Waals surface area contributed by atoms with E-state index in [1.165, 1.54) is 0 Å². The first kappa shape index (κ1) is 14.4. The lowest BCUT2D eigenvalue weighted by Gasteiger charge is -2.08. The van der Waals surface area contributed by atoms with Gasteiger partial charge in [0.05, 0.1) is 20.4 Å². The van der Waals surface area contributed by atoms with Crippen molar-refractivity contribution in [2.45, 2.75) is 13.0 Å². The molecule has 7 heteroatoms. The van der Waals surface area contributed by atoms with Crippen molar-refractivity contribution in [3.05, 3.63) is 24.4 Å². The van der Waals surface area contributed by atoms with Gasteiger partial charge in [-0.2, -0.15) is 0 Å². The molecule has 7 nitrogen and oxygen atoms in total. The number of aromatic nitrogens is 3. The highest BCUT2D eigenvalue weighted by Gasteiger charge is 2.22. The molecule has 1 N–H and O–H groups in total. The molecule has 116 valence electrons. The van der Waals surface area contributed by atoms with Crippen LogP contribution in [-0.2, 0) is 11.3 Å². The van der Waals surface area contributed by atoms with E-state index in [-0.39, 0.29) is 11.8 Å². The Morgan fingerprint density at radius 3 is 2.82 bits per heavy atom. The molecule has 1 aromatic heterocycles. The number of hydrogen-bond acceptors (Lipinski definition) is 5. The molecule has 22 heavy (non-hydrogen) atoms. The fourth-order valence-electron chi connectivity index (χ4n) is 2.57. The molecule has 3 rings (SSSR count). The van der Waals surface area contributed by atoms with Crippen molar-refractivity contribution in [3.8, 4) is 22.8 Å². The zero-order valence-corrected chi connectivity index (χ0v) is 12.6. The number of carbonyl (C=O) groups is 1. The summed E-state index contributed by atoms with van der Waals surface area (Å²) < 4.78 is 12.3. The van der Waals surface area contributed by atoms with E-state index in [2.05, 4.69) is 15.6 Å². The summed E-state index contributed by atoms with van der Waals surface area (Å²) in [5.41, 5.74) is 1.67. The molecule has 1 aromatic carbocycles. The lowest BCUT2D eigenvalue weighted by atomic mass is 10.1. The Labute approximate surface area is 128 Å². The molecular formula is C15H18N4O3. The highest BCUT2D eigenvalue weighted by molar-refractivity contribution is 5.78. The normalized spacial score (nSPS) is 17.4. The van der Waals surface area contributed by atoms with E-state index in [1.54, 1.807) is 18.9 Å². The Balaban J connectivity index is 1.77. The van der Waals surface area contributed by atoms with Gasteiger partial charge in [-0.15, -0.1) is 5.10 Å². The molecule has 1 atom stereocenters. The van der Waals surface area contributed by atoms with Crippen LogP contribution in [0.5, 0.6) is 11.5 Å². The maximum atomic E-state index is 11.2. The number of ether oxygens (including phenoxy) is 2. The van der Waals surface area contributed by atoms with Crippen molar-refractivity contribution in [2.75, 3.05) is 20.8 Å². The van der Waals surface area contributed by atoms with Gasteiger partial charge in [-0.05, 0) is 18.2 Å². The van der Waals surface area contributed by atoms with E-state index < -0.39 is 0 Å². The van der Waals surface area contributed by atoms with Gasteiger partial charge in [-0.25, -0.2) is 0 Å². The molecule has 0 saturated carbocycles. The van der Waals surface area contributed by atoms with E-state index in [9.17, 15) is 4.79 Å². The third kappa shape index (κ3) is 2.88. The maximum absolute atomic E-state index is 11.2. The summed E-state index contributed by atoms with van der Waals surface area (Å²) in [6.45, 7) is 1.38. The van der Waals surface area contributed by atoms with Crippen LogP contribution in [0.3, 0.4) is 0 Å². The summed E-state index contributed by atoms with van der Waals surface area (Å²) in [4.78, 5) is 11.2. The molecule has 0 spiro atoms. The number of rotatable bonds is 5. The minimum atomic E-state index is 0.102. The van der Waals surface area contributed by atoms with Crippen LogP contribution in [0, 0.1) is 5.92 Å². The van der Waals surface area contributed by atoms with Crippen LogP contribution in [0.1, 0.15) is 6.42 Å². The van der Waals surface area contributed by atoms with Crippen LogP contribution < -0.4 is 14.8 Å². The van der Waals surface area contributed by atoms with Gasteiger partial charge in [0.15, 0.2) is 11.5 Å². The van der Waals surface area contributed by atoms with E-state index in [0.717, 1.165) is 11.3 Å². The van der Waals surface area contributed by atoms with Gasteiger partial charge in [0.2, 0.25) is 5.91 Å². The summed E-state index contributed by atoms with van der Waals surface area (Å²) in [6, 6.07) is 5.62. The van der Waals surface area contributed by atoms with Crippen molar-refractivity contribution in [3.63, 3.8) is 0 Å². The van der Waals surface area contributed by atoms with Gasteiger partial charge in [-0.1, -0.05) is 5.21 Å². The second-order valence-corrected chi connectivity index (χ2v) is 5.27. The van der Waals surface area contributed by atoms with Crippen molar-refractivity contribution in [2.24, 2.45) is 5.92 Å². The zero-order chi connectivity index (χ0) is 15.5. The molecule has 2 aromatic rings. The second-order valence-electron chi connectivity index (χ2n) is 5.27. The molecule has 0 bridgehead atoms. The Morgan fingerprint density at radius 1 is 1.32 bits per heavy atom. The number of nitrogens with one attached hydrogen (secondary N) is 1. The summed E-state index contributed by atoms with van der Waals surface area (Å²) >= 11 is 0. The molecule has 1 aliphatic heterocycles. The first-order valence-corrected chi connectivity index (χ1v) is 7.09. The molecule has 2 heterocycles. The smallest absolute Gasteiger partial charge is 0.220 e. The lowest BCUT2D eigenvalue weighted by molar-refractivity contribution is -0.119. The third-order valence-corrected chi connectivity index (χ3v) is 3.73. The van der Waals surface area contributed by atoms with Crippen molar-refractivity contribution >= 4 is 5.91 Å². The SMILES string of the molecule is COc1ccc(-c2cn(CC3CNC(=O)C3)nn2)cc1OC. The van der Waals surface area contributed by atoms with Crippen molar-refractivity contribution in [1.29, 1.82) is 0 Å². The van der Waals surface area contributed by atoms with Gasteiger partial charge in [0.25, 0.3) is 0 Å². The zero-order valence-electron chi connectivity index (χ0n) is 12.6. The van der Waals surface area contributed by atoms with E-state index in [4.69, 9.17) is 9.47 Å². The Kier molecular flexibility index (Phi) is 3.95. The van der Waals surface area contributed by atoms with Gasteiger partial charge in [0, 0.05) is 31.0 Å². The minimum Gasteiger partial charge on any atom is -0.493 e. The van der Waals surface area contributed by atoms with Crippen molar-refractivity contribution in [1.82, 2.24) is 20.3 Å². The summed E-state index contributed by atoms with van der Waals surface area (Å²) in [5.74, 6) is 1.70. The number of methoxy groups -OCH3 is 2. The Bertz CT molecular complexity index is 683. The second kappa shape index (κ2) is 6.05. The Hall–Kier alpha value is -2.57. The molecule has 1 amide bonds. The standard InChI is InChI=1S/C15H18N4O3/c1-21-13-4-3-11(6-14(13)22-2)12-9-19(18-17-12)8-10-5-15(20)16-7-10/h3-4,6,9-10H,5,7-8H2,1-2H3,(H,16,20). The molecule has 0 aliphatic carbocycles. The Morgan fingerprint density at radius 2 is 2.14 bits per heavy atom. The van der Waals surface area contributed by atoms with Crippen LogP contribution in [0.15, 0.2) is 24.4 Å². The lowest BCUT2D eigenvalue weighted by Crippen LogP contribution is -2.16. The predicted molar refractivity (Wildman–Crippen MR) is 79.7 cm³/mol. The van der Waals surface area contributed by atoms with Gasteiger partial charge < -0.3 is 14.8 Å². The largest absolute Gasteiger partial charge is 0.493 e. The number of amides is 1. The van der Waals surface area contributed by atoms with Crippen LogP contribution >= 0.6 is 0 Å². The first-order chi connectivity index (χ1) is 10.7. The predicted octanol–water partition coefficient (Wildman–Crippen LogP) is 1.10. The molecule has 1 aliphatic rings.